The Morgan fingerprint density at radius 1 is 1.30 bits per heavy atom. The molecule has 0 fully saturated rings. The summed E-state index contributed by atoms with van der Waals surface area (Å²) in [6.45, 7) is 3.91. The predicted molar refractivity (Wildman–Crippen MR) is 77.0 cm³/mol. The minimum absolute atomic E-state index is 0.0709. The maximum absolute atomic E-state index is 11.8. The Kier molecular flexibility index (Phi) is 6.87. The van der Waals surface area contributed by atoms with Gasteiger partial charge >= 0.3 is 0 Å². The smallest absolute Gasteiger partial charge is 0.258 e. The Morgan fingerprint density at radius 3 is 2.50 bits per heavy atom. The Balaban J connectivity index is 2.46. The first-order valence-electron chi connectivity index (χ1n) is 6.72. The molecule has 1 unspecified atom stereocenters. The molecule has 0 aromatic heterocycles. The zero-order valence-corrected chi connectivity index (χ0v) is 12.3. The van der Waals surface area contributed by atoms with Crippen LogP contribution in [0.2, 0.25) is 0 Å². The Bertz CT molecular complexity index is 420. The van der Waals surface area contributed by atoms with Crippen molar-refractivity contribution < 1.29 is 19.4 Å². The first kappa shape index (κ1) is 16.3. The lowest BCUT2D eigenvalue weighted by atomic mass is 10.0. The first-order valence-corrected chi connectivity index (χ1v) is 6.72. The second-order valence-corrected chi connectivity index (χ2v) is 5.02. The van der Waals surface area contributed by atoms with Crippen LogP contribution in [-0.2, 0) is 4.79 Å². The molecule has 1 atom stereocenters. The summed E-state index contributed by atoms with van der Waals surface area (Å²) < 4.78 is 10.6. The van der Waals surface area contributed by atoms with E-state index in [2.05, 4.69) is 5.32 Å². The molecule has 0 spiro atoms. The van der Waals surface area contributed by atoms with Gasteiger partial charge in [-0.1, -0.05) is 26.0 Å². The highest BCUT2D eigenvalue weighted by Gasteiger charge is 2.14. The first-order chi connectivity index (χ1) is 9.56. The van der Waals surface area contributed by atoms with Crippen LogP contribution >= 0.6 is 0 Å². The molecule has 0 bridgehead atoms. The van der Waals surface area contributed by atoms with Crippen molar-refractivity contribution in [2.45, 2.75) is 26.3 Å². The van der Waals surface area contributed by atoms with Gasteiger partial charge in [-0.3, -0.25) is 4.79 Å². The van der Waals surface area contributed by atoms with Crippen LogP contribution in [0, 0.1) is 5.92 Å². The number of methoxy groups -OCH3 is 1. The number of hydrogen-bond donors (Lipinski definition) is 2. The van der Waals surface area contributed by atoms with Gasteiger partial charge in [-0.2, -0.15) is 0 Å². The highest BCUT2D eigenvalue weighted by Crippen LogP contribution is 2.25. The molecule has 1 aromatic rings. The molecule has 1 amide bonds. The monoisotopic (exact) mass is 281 g/mol. The molecule has 1 rings (SSSR count). The Labute approximate surface area is 119 Å². The summed E-state index contributed by atoms with van der Waals surface area (Å²) in [7, 11) is 1.55. The average molecular weight is 281 g/mol. The van der Waals surface area contributed by atoms with Crippen LogP contribution in [-0.4, -0.2) is 37.4 Å². The van der Waals surface area contributed by atoms with Crippen molar-refractivity contribution in [2.75, 3.05) is 20.3 Å². The van der Waals surface area contributed by atoms with Crippen LogP contribution in [0.3, 0.4) is 0 Å². The van der Waals surface area contributed by atoms with Gasteiger partial charge in [-0.05, 0) is 24.5 Å². The maximum atomic E-state index is 11.8. The zero-order valence-electron chi connectivity index (χ0n) is 12.3. The normalized spacial score (nSPS) is 12.1. The van der Waals surface area contributed by atoms with E-state index in [-0.39, 0.29) is 25.2 Å². The van der Waals surface area contributed by atoms with Gasteiger partial charge in [0.2, 0.25) is 0 Å². The number of ether oxygens (including phenoxy) is 2. The number of nitrogens with one attached hydrogen (secondary N) is 1. The van der Waals surface area contributed by atoms with Gasteiger partial charge < -0.3 is 19.9 Å². The fraction of sp³-hybridized carbons (Fsp3) is 0.533. The summed E-state index contributed by atoms with van der Waals surface area (Å²) in [6, 6.07) is 6.91. The minimum atomic E-state index is -0.254. The van der Waals surface area contributed by atoms with Gasteiger partial charge in [-0.15, -0.1) is 0 Å². The zero-order chi connectivity index (χ0) is 15.0. The fourth-order valence-corrected chi connectivity index (χ4v) is 1.90. The van der Waals surface area contributed by atoms with Crippen molar-refractivity contribution in [3.05, 3.63) is 24.3 Å². The van der Waals surface area contributed by atoms with Gasteiger partial charge in [0.1, 0.15) is 0 Å². The number of carbonyl (C=O) groups is 1. The SMILES string of the molecule is COc1ccccc1OCC(=O)NC(CO)CC(C)C. The number of amides is 1. The number of aliphatic hydroxyl groups is 1. The number of carbonyl (C=O) groups excluding carboxylic acids is 1. The van der Waals surface area contributed by atoms with Crippen molar-refractivity contribution in [3.63, 3.8) is 0 Å². The van der Waals surface area contributed by atoms with Gasteiger partial charge in [0.15, 0.2) is 18.1 Å². The molecule has 2 N–H and O–H groups in total. The molecule has 1 aromatic carbocycles. The topological polar surface area (TPSA) is 67.8 Å². The van der Waals surface area contributed by atoms with E-state index >= 15 is 0 Å². The molecule has 0 radical (unpaired) electrons. The van der Waals surface area contributed by atoms with E-state index in [1.807, 2.05) is 26.0 Å². The summed E-state index contributed by atoms with van der Waals surface area (Å²) in [6.07, 6.45) is 0.733. The summed E-state index contributed by atoms with van der Waals surface area (Å²) in [5.41, 5.74) is 0. The van der Waals surface area contributed by atoms with Crippen LogP contribution in [0.25, 0.3) is 0 Å². The van der Waals surface area contributed by atoms with Crippen molar-refractivity contribution in [3.8, 4) is 11.5 Å². The van der Waals surface area contributed by atoms with Crippen molar-refractivity contribution in [2.24, 2.45) is 5.92 Å². The van der Waals surface area contributed by atoms with Crippen molar-refractivity contribution >= 4 is 5.91 Å². The molecule has 0 aliphatic carbocycles. The molecule has 5 nitrogen and oxygen atoms in total. The molecular formula is C15H23NO4. The fourth-order valence-electron chi connectivity index (χ4n) is 1.90. The van der Waals surface area contributed by atoms with Crippen LogP contribution < -0.4 is 14.8 Å². The molecule has 0 aliphatic heterocycles. The number of para-hydroxylation sites is 2. The van der Waals surface area contributed by atoms with Gasteiger partial charge in [0.05, 0.1) is 19.8 Å². The molecular weight excluding hydrogens is 258 g/mol. The van der Waals surface area contributed by atoms with Crippen molar-refractivity contribution in [1.82, 2.24) is 5.32 Å². The predicted octanol–water partition coefficient (Wildman–Crippen LogP) is 1.60. The summed E-state index contributed by atoms with van der Waals surface area (Å²) >= 11 is 0. The lowest BCUT2D eigenvalue weighted by Gasteiger charge is -2.18. The molecule has 0 saturated carbocycles. The van der Waals surface area contributed by atoms with Gasteiger partial charge in [0, 0.05) is 0 Å². The van der Waals surface area contributed by atoms with E-state index in [1.165, 1.54) is 0 Å². The lowest BCUT2D eigenvalue weighted by molar-refractivity contribution is -0.124. The summed E-state index contributed by atoms with van der Waals surface area (Å²) in [5.74, 6) is 1.26. The third kappa shape index (κ3) is 5.48. The molecule has 112 valence electrons. The van der Waals surface area contributed by atoms with Crippen LogP contribution in [0.1, 0.15) is 20.3 Å². The molecule has 0 heterocycles. The quantitative estimate of drug-likeness (QED) is 0.759. The number of hydrogen-bond acceptors (Lipinski definition) is 4. The lowest BCUT2D eigenvalue weighted by Crippen LogP contribution is -2.40. The standard InChI is InChI=1S/C15H23NO4/c1-11(2)8-12(9-17)16-15(18)10-20-14-7-5-4-6-13(14)19-3/h4-7,11-12,17H,8-10H2,1-3H3,(H,16,18). The maximum Gasteiger partial charge on any atom is 0.258 e. The third-order valence-corrected chi connectivity index (χ3v) is 2.77. The molecule has 20 heavy (non-hydrogen) atoms. The van der Waals surface area contributed by atoms with Crippen LogP contribution in [0.5, 0.6) is 11.5 Å². The van der Waals surface area contributed by atoms with E-state index in [0.29, 0.717) is 17.4 Å². The highest BCUT2D eigenvalue weighted by atomic mass is 16.5. The average Bonchev–Trinajstić information content (AvgIpc) is 2.44. The minimum Gasteiger partial charge on any atom is -0.493 e. The Morgan fingerprint density at radius 2 is 1.95 bits per heavy atom. The molecule has 5 heteroatoms. The largest absolute Gasteiger partial charge is 0.493 e. The van der Waals surface area contributed by atoms with Crippen molar-refractivity contribution in [1.29, 1.82) is 0 Å². The van der Waals surface area contributed by atoms with E-state index in [9.17, 15) is 9.90 Å². The van der Waals surface area contributed by atoms with E-state index < -0.39 is 0 Å². The van der Waals surface area contributed by atoms with E-state index in [1.54, 1.807) is 19.2 Å². The summed E-state index contributed by atoms with van der Waals surface area (Å²) in [4.78, 5) is 11.8. The van der Waals surface area contributed by atoms with Gasteiger partial charge in [-0.25, -0.2) is 0 Å². The Hall–Kier alpha value is -1.75. The number of rotatable bonds is 8. The number of aliphatic hydroxyl groups excluding tert-OH is 1. The number of benzene rings is 1. The highest BCUT2D eigenvalue weighted by molar-refractivity contribution is 5.77. The second kappa shape index (κ2) is 8.43. The molecule has 0 aliphatic rings. The van der Waals surface area contributed by atoms with E-state index in [4.69, 9.17) is 9.47 Å². The summed E-state index contributed by atoms with van der Waals surface area (Å²) in [5, 5.41) is 12.0. The van der Waals surface area contributed by atoms with E-state index in [0.717, 1.165) is 6.42 Å². The molecule has 0 saturated heterocycles. The van der Waals surface area contributed by atoms with Crippen LogP contribution in [0.4, 0.5) is 0 Å². The van der Waals surface area contributed by atoms with Gasteiger partial charge in [0.25, 0.3) is 5.91 Å². The third-order valence-electron chi connectivity index (χ3n) is 2.77. The van der Waals surface area contributed by atoms with Crippen LogP contribution in [0.15, 0.2) is 24.3 Å². The second-order valence-electron chi connectivity index (χ2n) is 5.02.